The van der Waals surface area contributed by atoms with Gasteiger partial charge in [-0.25, -0.2) is 4.98 Å². The molecule has 0 aliphatic carbocycles. The Labute approximate surface area is 120 Å². The van der Waals surface area contributed by atoms with Crippen LogP contribution in [0.15, 0.2) is 6.20 Å². The van der Waals surface area contributed by atoms with Crippen LogP contribution in [-0.4, -0.2) is 30.9 Å². The number of halogens is 2. The summed E-state index contributed by atoms with van der Waals surface area (Å²) < 4.78 is 5.95. The van der Waals surface area contributed by atoms with Gasteiger partial charge in [-0.2, -0.15) is 4.79 Å². The van der Waals surface area contributed by atoms with Crippen molar-refractivity contribution in [1.29, 1.82) is 0 Å². The first kappa shape index (κ1) is 15.1. The molecule has 1 heterocycles. The quantitative estimate of drug-likeness (QED) is 0.337. The van der Waals surface area contributed by atoms with Crippen LogP contribution in [0.1, 0.15) is 18.7 Å². The summed E-state index contributed by atoms with van der Waals surface area (Å²) in [4.78, 5) is 25.4. The smallest absolute Gasteiger partial charge is 0.431 e. The molecule has 0 spiro atoms. The number of rotatable bonds is 5. The van der Waals surface area contributed by atoms with Crippen molar-refractivity contribution in [2.24, 2.45) is 0 Å². The fraction of sp³-hybridized carbons (Fsp3) is 0.556. The van der Waals surface area contributed by atoms with Gasteiger partial charge in [-0.15, -0.1) is 4.57 Å². The van der Waals surface area contributed by atoms with Gasteiger partial charge in [0.2, 0.25) is 5.82 Å². The number of nitro groups is 1. The topological polar surface area (TPSA) is 87.3 Å². The molecule has 0 unspecified atom stereocenters. The van der Waals surface area contributed by atoms with Crippen LogP contribution in [0.25, 0.3) is 0 Å². The van der Waals surface area contributed by atoms with E-state index < -0.39 is 16.8 Å². The van der Waals surface area contributed by atoms with Gasteiger partial charge in [-0.3, -0.25) is 0 Å². The second-order valence-corrected chi connectivity index (χ2v) is 6.84. The highest BCUT2D eigenvalue weighted by Gasteiger charge is 2.25. The Morgan fingerprint density at radius 3 is 2.89 bits per heavy atom. The maximum absolute atomic E-state index is 11.7. The van der Waals surface area contributed by atoms with Gasteiger partial charge < -0.3 is 14.9 Å². The number of hydrogen-bond acceptors (Lipinski definition) is 5. The Morgan fingerprint density at radius 1 is 1.67 bits per heavy atom. The van der Waals surface area contributed by atoms with E-state index in [1.807, 2.05) is 0 Å². The molecule has 9 heteroatoms. The molecule has 0 saturated heterocycles. The Morgan fingerprint density at radius 2 is 2.33 bits per heavy atom. The van der Waals surface area contributed by atoms with E-state index in [9.17, 15) is 14.9 Å². The number of alkyl halides is 2. The van der Waals surface area contributed by atoms with E-state index in [2.05, 4.69) is 36.8 Å². The van der Waals surface area contributed by atoms with Gasteiger partial charge in [-0.05, 0) is 17.8 Å². The second kappa shape index (κ2) is 6.83. The standard InChI is InChI=1S/C9H11Br2N3O4/c1-6-12-5-8(14(16)17)13(6)9(15)18-4-2-3-7(10)11/h5,7H,2-4H2,1H3. The Kier molecular flexibility index (Phi) is 5.73. The molecular weight excluding hydrogens is 374 g/mol. The fourth-order valence-electron chi connectivity index (χ4n) is 1.25. The predicted octanol–water partition coefficient (Wildman–Crippen LogP) is 2.98. The molecule has 0 aromatic carbocycles. The lowest BCUT2D eigenvalue weighted by Gasteiger charge is -2.04. The van der Waals surface area contributed by atoms with Crippen LogP contribution in [-0.2, 0) is 4.74 Å². The van der Waals surface area contributed by atoms with Gasteiger partial charge >= 0.3 is 11.9 Å². The van der Waals surface area contributed by atoms with Gasteiger partial charge in [0.15, 0.2) is 0 Å². The molecule has 0 atom stereocenters. The molecule has 0 N–H and O–H groups in total. The van der Waals surface area contributed by atoms with Crippen LogP contribution >= 0.6 is 31.9 Å². The molecule has 18 heavy (non-hydrogen) atoms. The van der Waals surface area contributed by atoms with E-state index in [0.717, 1.165) is 17.2 Å². The third kappa shape index (κ3) is 4.05. The first-order valence-electron chi connectivity index (χ1n) is 5.07. The van der Waals surface area contributed by atoms with Crippen molar-refractivity contribution in [3.8, 4) is 0 Å². The second-order valence-electron chi connectivity index (χ2n) is 3.40. The SMILES string of the molecule is Cc1ncc([N+](=O)[O-])n1C(=O)OCCCC(Br)Br. The fourth-order valence-corrected chi connectivity index (χ4v) is 1.90. The van der Waals surface area contributed by atoms with Crippen molar-refractivity contribution in [2.45, 2.75) is 23.5 Å². The highest BCUT2D eigenvalue weighted by atomic mass is 79.9. The zero-order valence-electron chi connectivity index (χ0n) is 9.51. The molecule has 0 saturated carbocycles. The molecule has 0 fully saturated rings. The van der Waals surface area contributed by atoms with Crippen LogP contribution in [0.3, 0.4) is 0 Å². The van der Waals surface area contributed by atoms with Gasteiger partial charge in [0.05, 0.1) is 10.3 Å². The van der Waals surface area contributed by atoms with Crippen LogP contribution in [0, 0.1) is 17.0 Å². The number of imidazole rings is 1. The van der Waals surface area contributed by atoms with E-state index in [1.165, 1.54) is 6.92 Å². The third-order valence-corrected chi connectivity index (χ3v) is 3.00. The first-order chi connectivity index (χ1) is 8.43. The zero-order valence-corrected chi connectivity index (χ0v) is 12.7. The average Bonchev–Trinajstić information content (AvgIpc) is 2.66. The van der Waals surface area contributed by atoms with E-state index >= 15 is 0 Å². The van der Waals surface area contributed by atoms with Crippen LogP contribution < -0.4 is 0 Å². The predicted molar refractivity (Wildman–Crippen MR) is 71.2 cm³/mol. The summed E-state index contributed by atoms with van der Waals surface area (Å²) in [7, 11) is 0. The Balaban J connectivity index is 2.61. The van der Waals surface area contributed by atoms with Crippen molar-refractivity contribution >= 4 is 43.8 Å². The highest BCUT2D eigenvalue weighted by molar-refractivity contribution is 9.24. The van der Waals surface area contributed by atoms with Gasteiger partial charge in [-0.1, -0.05) is 31.9 Å². The molecule has 0 aliphatic rings. The Bertz CT molecular complexity index is 447. The molecular formula is C9H11Br2N3O4. The first-order valence-corrected chi connectivity index (χ1v) is 6.90. The van der Waals surface area contributed by atoms with Crippen molar-refractivity contribution in [3.05, 3.63) is 22.1 Å². The number of carbonyl (C=O) groups is 1. The third-order valence-electron chi connectivity index (χ3n) is 2.08. The molecule has 0 aliphatic heterocycles. The van der Waals surface area contributed by atoms with E-state index in [-0.39, 0.29) is 16.2 Å². The lowest BCUT2D eigenvalue weighted by atomic mass is 10.4. The number of aryl methyl sites for hydroxylation is 1. The maximum atomic E-state index is 11.7. The molecule has 7 nitrogen and oxygen atoms in total. The molecule has 1 aromatic rings. The normalized spacial score (nSPS) is 10.7. The highest BCUT2D eigenvalue weighted by Crippen LogP contribution is 2.16. The van der Waals surface area contributed by atoms with Crippen LogP contribution in [0.2, 0.25) is 0 Å². The molecule has 1 rings (SSSR count). The molecule has 100 valence electrons. The van der Waals surface area contributed by atoms with Crippen LogP contribution in [0.5, 0.6) is 0 Å². The summed E-state index contributed by atoms with van der Waals surface area (Å²) in [5, 5.41) is 10.7. The molecule has 0 amide bonds. The minimum absolute atomic E-state index is 0.160. The summed E-state index contributed by atoms with van der Waals surface area (Å²) in [5.74, 6) is -0.165. The Hall–Kier alpha value is -0.960. The molecule has 1 aromatic heterocycles. The minimum Gasteiger partial charge on any atom is -0.431 e. The summed E-state index contributed by atoms with van der Waals surface area (Å²) >= 11 is 6.59. The summed E-state index contributed by atoms with van der Waals surface area (Å²) in [6.45, 7) is 1.70. The lowest BCUT2D eigenvalue weighted by Crippen LogP contribution is -2.18. The van der Waals surface area contributed by atoms with E-state index in [0.29, 0.717) is 6.42 Å². The maximum Gasteiger partial charge on any atom is 0.513 e. The number of hydrogen-bond donors (Lipinski definition) is 0. The summed E-state index contributed by atoms with van der Waals surface area (Å²) in [5.41, 5.74) is 0. The summed E-state index contributed by atoms with van der Waals surface area (Å²) in [6.07, 6.45) is 1.67. The average molecular weight is 385 g/mol. The summed E-state index contributed by atoms with van der Waals surface area (Å²) in [6, 6.07) is 0. The van der Waals surface area contributed by atoms with Crippen LogP contribution in [0.4, 0.5) is 10.6 Å². The van der Waals surface area contributed by atoms with Gasteiger partial charge in [0.25, 0.3) is 0 Å². The van der Waals surface area contributed by atoms with E-state index in [4.69, 9.17) is 4.74 Å². The van der Waals surface area contributed by atoms with Crippen molar-refractivity contribution in [2.75, 3.05) is 6.61 Å². The van der Waals surface area contributed by atoms with E-state index in [1.54, 1.807) is 0 Å². The molecule has 0 radical (unpaired) electrons. The zero-order chi connectivity index (χ0) is 13.7. The largest absolute Gasteiger partial charge is 0.513 e. The molecule has 0 bridgehead atoms. The number of nitrogens with zero attached hydrogens (tertiary/aromatic N) is 3. The number of carbonyl (C=O) groups excluding carboxylic acids is 1. The van der Waals surface area contributed by atoms with Gasteiger partial charge in [0, 0.05) is 6.92 Å². The van der Waals surface area contributed by atoms with Gasteiger partial charge in [0.1, 0.15) is 6.20 Å². The monoisotopic (exact) mass is 383 g/mol. The number of ether oxygens (including phenoxy) is 1. The lowest BCUT2D eigenvalue weighted by molar-refractivity contribution is -0.391. The number of aromatic nitrogens is 2. The van der Waals surface area contributed by atoms with Crippen molar-refractivity contribution < 1.29 is 14.5 Å². The minimum atomic E-state index is -0.780. The van der Waals surface area contributed by atoms with Crippen molar-refractivity contribution in [1.82, 2.24) is 9.55 Å². The van der Waals surface area contributed by atoms with Crippen molar-refractivity contribution in [3.63, 3.8) is 0 Å².